The Morgan fingerprint density at radius 1 is 0.923 bits per heavy atom. The van der Waals surface area contributed by atoms with Crippen molar-refractivity contribution in [3.63, 3.8) is 0 Å². The molecule has 0 N–H and O–H groups in total. The van der Waals surface area contributed by atoms with Crippen molar-refractivity contribution >= 4 is 18.0 Å². The van der Waals surface area contributed by atoms with Crippen molar-refractivity contribution in [3.05, 3.63) is 71.8 Å². The molecule has 1 saturated heterocycles. The predicted octanol–water partition coefficient (Wildman–Crippen LogP) is 2.71. The molecule has 2 aromatic carbocycles. The molecule has 0 spiro atoms. The fourth-order valence-electron chi connectivity index (χ4n) is 2.63. The van der Waals surface area contributed by atoms with E-state index in [9.17, 15) is 14.4 Å². The van der Waals surface area contributed by atoms with Crippen molar-refractivity contribution < 1.29 is 23.9 Å². The van der Waals surface area contributed by atoms with Gasteiger partial charge in [0, 0.05) is 6.42 Å². The van der Waals surface area contributed by atoms with Crippen molar-refractivity contribution in [3.8, 4) is 0 Å². The van der Waals surface area contributed by atoms with Crippen LogP contribution >= 0.6 is 0 Å². The Bertz CT molecular complexity index is 775. The predicted molar refractivity (Wildman–Crippen MR) is 93.0 cm³/mol. The topological polar surface area (TPSA) is 72.9 Å². The number of carbonyl (C=O) groups excluding carboxylic acids is 3. The van der Waals surface area contributed by atoms with E-state index >= 15 is 0 Å². The molecule has 134 valence electrons. The lowest BCUT2D eigenvalue weighted by Gasteiger charge is -2.35. The van der Waals surface area contributed by atoms with Gasteiger partial charge < -0.3 is 9.47 Å². The number of β-lactam (4-membered cyclic amide) rings is 1. The molecule has 0 radical (unpaired) electrons. The first kappa shape index (κ1) is 17.7. The number of imide groups is 1. The summed E-state index contributed by atoms with van der Waals surface area (Å²) in [5.41, 5.74) is 1.86. The van der Waals surface area contributed by atoms with Crippen LogP contribution in [0.15, 0.2) is 60.7 Å². The standard InChI is InChI=1S/C20H19NO5/c22-18-13-17(19(23)26-14-16-9-5-2-6-10-16)21(18)20(24)25-12-11-15-7-3-1-4-8-15/h1-10,17H,11-14H2/t17-/m0/s1. The molecule has 26 heavy (non-hydrogen) atoms. The van der Waals surface area contributed by atoms with Crippen LogP contribution in [0.5, 0.6) is 0 Å². The Balaban J connectivity index is 1.47. The number of benzene rings is 2. The second kappa shape index (κ2) is 8.29. The second-order valence-electron chi connectivity index (χ2n) is 5.93. The monoisotopic (exact) mass is 353 g/mol. The van der Waals surface area contributed by atoms with Crippen LogP contribution in [0.2, 0.25) is 0 Å². The van der Waals surface area contributed by atoms with Gasteiger partial charge in [-0.05, 0) is 11.1 Å². The maximum absolute atomic E-state index is 12.1. The van der Waals surface area contributed by atoms with Gasteiger partial charge in [-0.15, -0.1) is 0 Å². The minimum atomic E-state index is -0.907. The Morgan fingerprint density at radius 3 is 2.15 bits per heavy atom. The van der Waals surface area contributed by atoms with E-state index in [0.29, 0.717) is 6.42 Å². The van der Waals surface area contributed by atoms with Gasteiger partial charge in [-0.25, -0.2) is 14.5 Å². The van der Waals surface area contributed by atoms with E-state index in [1.807, 2.05) is 60.7 Å². The fourth-order valence-corrected chi connectivity index (χ4v) is 2.63. The maximum Gasteiger partial charge on any atom is 0.417 e. The molecule has 0 unspecified atom stereocenters. The number of nitrogens with zero attached hydrogens (tertiary/aromatic N) is 1. The van der Waals surface area contributed by atoms with Gasteiger partial charge in [0.25, 0.3) is 0 Å². The Morgan fingerprint density at radius 2 is 1.54 bits per heavy atom. The summed E-state index contributed by atoms with van der Waals surface area (Å²) in [6.45, 7) is 0.236. The number of hydrogen-bond acceptors (Lipinski definition) is 5. The Kier molecular flexibility index (Phi) is 5.63. The van der Waals surface area contributed by atoms with E-state index in [1.54, 1.807) is 0 Å². The zero-order chi connectivity index (χ0) is 18.4. The molecule has 2 amide bonds. The van der Waals surface area contributed by atoms with E-state index in [1.165, 1.54) is 0 Å². The van der Waals surface area contributed by atoms with E-state index in [4.69, 9.17) is 9.47 Å². The number of hydrogen-bond donors (Lipinski definition) is 0. The molecule has 1 heterocycles. The molecule has 6 heteroatoms. The largest absolute Gasteiger partial charge is 0.459 e. The average Bonchev–Trinajstić information content (AvgIpc) is 2.65. The third kappa shape index (κ3) is 4.27. The lowest BCUT2D eigenvalue weighted by molar-refractivity contribution is -0.164. The van der Waals surface area contributed by atoms with Gasteiger partial charge in [-0.3, -0.25) is 4.79 Å². The van der Waals surface area contributed by atoms with Gasteiger partial charge in [0.2, 0.25) is 5.91 Å². The lowest BCUT2D eigenvalue weighted by atomic mass is 10.0. The van der Waals surface area contributed by atoms with Crippen molar-refractivity contribution in [1.29, 1.82) is 0 Å². The zero-order valence-electron chi connectivity index (χ0n) is 14.2. The molecule has 6 nitrogen and oxygen atoms in total. The van der Waals surface area contributed by atoms with Crippen LogP contribution in [-0.4, -0.2) is 35.5 Å². The fraction of sp³-hybridized carbons (Fsp3) is 0.250. The zero-order valence-corrected chi connectivity index (χ0v) is 14.2. The summed E-state index contributed by atoms with van der Waals surface area (Å²) < 4.78 is 10.3. The molecule has 1 aliphatic heterocycles. The minimum absolute atomic E-state index is 0.0403. The van der Waals surface area contributed by atoms with Gasteiger partial charge in [0.05, 0.1) is 13.0 Å². The van der Waals surface area contributed by atoms with Crippen LogP contribution in [0.1, 0.15) is 17.5 Å². The molecule has 0 aliphatic carbocycles. The first-order valence-corrected chi connectivity index (χ1v) is 8.38. The van der Waals surface area contributed by atoms with Crippen LogP contribution in [-0.2, 0) is 32.1 Å². The van der Waals surface area contributed by atoms with Crippen molar-refractivity contribution in [2.45, 2.75) is 25.5 Å². The van der Waals surface area contributed by atoms with Gasteiger partial charge in [-0.2, -0.15) is 0 Å². The summed E-state index contributed by atoms with van der Waals surface area (Å²) in [6.07, 6.45) is -0.307. The molecule has 0 aromatic heterocycles. The average molecular weight is 353 g/mol. The number of amides is 2. The van der Waals surface area contributed by atoms with Gasteiger partial charge in [0.1, 0.15) is 12.6 Å². The molecule has 1 atom stereocenters. The number of rotatable bonds is 6. The molecule has 3 rings (SSSR count). The molecular weight excluding hydrogens is 334 g/mol. The summed E-state index contributed by atoms with van der Waals surface area (Å²) in [7, 11) is 0. The smallest absolute Gasteiger partial charge is 0.417 e. The molecule has 1 fully saturated rings. The highest BCUT2D eigenvalue weighted by Gasteiger charge is 2.47. The highest BCUT2D eigenvalue weighted by Crippen LogP contribution is 2.22. The van der Waals surface area contributed by atoms with E-state index in [0.717, 1.165) is 16.0 Å². The molecule has 1 aliphatic rings. The van der Waals surface area contributed by atoms with Crippen LogP contribution in [0.4, 0.5) is 4.79 Å². The maximum atomic E-state index is 12.1. The van der Waals surface area contributed by atoms with Crippen LogP contribution in [0.25, 0.3) is 0 Å². The van der Waals surface area contributed by atoms with Crippen LogP contribution < -0.4 is 0 Å². The first-order valence-electron chi connectivity index (χ1n) is 8.38. The van der Waals surface area contributed by atoms with Crippen LogP contribution in [0, 0.1) is 0 Å². The molecule has 0 saturated carbocycles. The highest BCUT2D eigenvalue weighted by molar-refractivity contribution is 6.04. The lowest BCUT2D eigenvalue weighted by Crippen LogP contribution is -2.59. The quantitative estimate of drug-likeness (QED) is 0.590. The van der Waals surface area contributed by atoms with Crippen molar-refractivity contribution in [1.82, 2.24) is 4.90 Å². The number of likely N-dealkylation sites (tertiary alicyclic amines) is 1. The molecule has 0 bridgehead atoms. The summed E-state index contributed by atoms with van der Waals surface area (Å²) in [4.78, 5) is 36.8. The number of carbonyl (C=O) groups is 3. The summed E-state index contributed by atoms with van der Waals surface area (Å²) in [6, 6.07) is 17.8. The minimum Gasteiger partial charge on any atom is -0.459 e. The summed E-state index contributed by atoms with van der Waals surface area (Å²) in [5, 5.41) is 0. The number of ether oxygens (including phenoxy) is 2. The second-order valence-corrected chi connectivity index (χ2v) is 5.93. The summed E-state index contributed by atoms with van der Waals surface area (Å²) >= 11 is 0. The van der Waals surface area contributed by atoms with Crippen molar-refractivity contribution in [2.75, 3.05) is 6.61 Å². The van der Waals surface area contributed by atoms with Crippen molar-refractivity contribution in [2.24, 2.45) is 0 Å². The van der Waals surface area contributed by atoms with E-state index in [2.05, 4.69) is 0 Å². The van der Waals surface area contributed by atoms with Gasteiger partial charge >= 0.3 is 12.1 Å². The van der Waals surface area contributed by atoms with E-state index < -0.39 is 24.0 Å². The van der Waals surface area contributed by atoms with Crippen LogP contribution in [0.3, 0.4) is 0 Å². The normalized spacial score (nSPS) is 15.9. The third-order valence-electron chi connectivity index (χ3n) is 4.10. The number of esters is 1. The van der Waals surface area contributed by atoms with Gasteiger partial charge in [-0.1, -0.05) is 60.7 Å². The van der Waals surface area contributed by atoms with E-state index in [-0.39, 0.29) is 19.6 Å². The highest BCUT2D eigenvalue weighted by atomic mass is 16.6. The summed E-state index contributed by atoms with van der Waals surface area (Å²) in [5.74, 6) is -1.04. The molecular formula is C20H19NO5. The SMILES string of the molecule is O=C(OCc1ccccc1)[C@@H]1CC(=O)N1C(=O)OCCc1ccccc1. The molecule has 2 aromatic rings. The van der Waals surface area contributed by atoms with Gasteiger partial charge in [0.15, 0.2) is 0 Å². The Labute approximate surface area is 151 Å². The Hall–Kier alpha value is -3.15. The first-order chi connectivity index (χ1) is 12.6. The third-order valence-corrected chi connectivity index (χ3v) is 4.10.